The van der Waals surface area contributed by atoms with Crippen LogP contribution in [0.15, 0.2) is 65.4 Å². The molecule has 1 aliphatic heterocycles. The summed E-state index contributed by atoms with van der Waals surface area (Å²) in [7, 11) is 1.12. The maximum atomic E-state index is 12.5. The first-order valence-electron chi connectivity index (χ1n) is 10.8. The Hall–Kier alpha value is -1.93. The van der Waals surface area contributed by atoms with Crippen molar-refractivity contribution >= 4 is 70.0 Å². The van der Waals surface area contributed by atoms with E-state index in [1.165, 1.54) is 22.0 Å². The van der Waals surface area contributed by atoms with Crippen molar-refractivity contribution in [2.75, 3.05) is 27.2 Å². The van der Waals surface area contributed by atoms with Gasteiger partial charge in [-0.05, 0) is 64.6 Å². The second kappa shape index (κ2) is 10.1. The fourth-order valence-electron chi connectivity index (χ4n) is 4.16. The maximum absolute atomic E-state index is 12.5. The lowest BCUT2D eigenvalue weighted by atomic mass is 10.1. The number of halogens is 1. The van der Waals surface area contributed by atoms with Crippen molar-refractivity contribution in [1.29, 1.82) is 0 Å². The van der Waals surface area contributed by atoms with Crippen LogP contribution in [-0.4, -0.2) is 42.6 Å². The molecule has 33 heavy (non-hydrogen) atoms. The Labute approximate surface area is 213 Å². The minimum Gasteiger partial charge on any atom is -0.465 e. The molecule has 0 saturated carbocycles. The highest BCUT2D eigenvalue weighted by Crippen LogP contribution is 2.63. The van der Waals surface area contributed by atoms with Crippen molar-refractivity contribution in [3.63, 3.8) is 0 Å². The minimum absolute atomic E-state index is 0.307. The predicted octanol–water partition coefficient (Wildman–Crippen LogP) is 6.91. The molecule has 0 radical (unpaired) electrons. The van der Waals surface area contributed by atoms with Gasteiger partial charge in [0.1, 0.15) is 4.88 Å². The van der Waals surface area contributed by atoms with Crippen LogP contribution in [0.5, 0.6) is 0 Å². The quantitative estimate of drug-likeness (QED) is 0.178. The topological polar surface area (TPSA) is 45.1 Å². The van der Waals surface area contributed by atoms with Crippen LogP contribution in [0.4, 0.5) is 5.69 Å². The lowest BCUT2D eigenvalue weighted by Gasteiger charge is -2.45. The molecule has 172 valence electrons. The molecule has 0 N–H and O–H groups in total. The molecule has 0 amide bonds. The third kappa shape index (κ3) is 4.44. The molecule has 0 bridgehead atoms. The summed E-state index contributed by atoms with van der Waals surface area (Å²) in [4.78, 5) is 14.2. The SMILES string of the molecule is CCN(CC)[P@@]1(=Nc2ccc(I)cc2)c2cc(C(=O)OC)sc2C=C(c2ccccc2)N1C. The summed E-state index contributed by atoms with van der Waals surface area (Å²) in [6.07, 6.45) is 2.19. The molecule has 0 aliphatic carbocycles. The van der Waals surface area contributed by atoms with Gasteiger partial charge in [0.25, 0.3) is 0 Å². The van der Waals surface area contributed by atoms with Crippen molar-refractivity contribution in [2.45, 2.75) is 13.8 Å². The van der Waals surface area contributed by atoms with Gasteiger partial charge in [0.15, 0.2) is 7.36 Å². The summed E-state index contributed by atoms with van der Waals surface area (Å²) in [6.45, 7) is 6.04. The highest BCUT2D eigenvalue weighted by molar-refractivity contribution is 14.1. The van der Waals surface area contributed by atoms with Crippen LogP contribution in [-0.2, 0) is 4.74 Å². The molecule has 0 spiro atoms. The number of hydrogen-bond acceptors (Lipinski definition) is 4. The summed E-state index contributed by atoms with van der Waals surface area (Å²) in [5.74, 6) is -0.307. The highest BCUT2D eigenvalue weighted by atomic mass is 127. The standard InChI is InChI=1S/C25H27IN3O2PS/c1-5-29(6-2)32(27-20-14-12-19(26)13-15-20)22-17-24(25(30)31-4)33-23(22)16-21(28(32)3)18-10-8-7-9-11-18/h7-17H,5-6H2,1-4H3/t32-/m1/s1. The molecule has 2 heterocycles. The van der Waals surface area contributed by atoms with Crippen LogP contribution in [0, 0.1) is 3.57 Å². The first-order chi connectivity index (χ1) is 15.9. The second-order valence-electron chi connectivity index (χ2n) is 7.55. The van der Waals surface area contributed by atoms with Crippen LogP contribution >= 0.6 is 41.3 Å². The Kier molecular flexibility index (Phi) is 7.43. The molecule has 0 fully saturated rings. The monoisotopic (exact) mass is 591 g/mol. The molecule has 8 heteroatoms. The van der Waals surface area contributed by atoms with Gasteiger partial charge in [-0.25, -0.2) is 9.54 Å². The van der Waals surface area contributed by atoms with E-state index in [0.717, 1.165) is 40.2 Å². The van der Waals surface area contributed by atoms with Gasteiger partial charge in [0.2, 0.25) is 0 Å². The molecule has 2 aromatic carbocycles. The van der Waals surface area contributed by atoms with E-state index in [2.05, 4.69) is 107 Å². The van der Waals surface area contributed by atoms with E-state index in [-0.39, 0.29) is 5.97 Å². The van der Waals surface area contributed by atoms with Gasteiger partial charge in [0.05, 0.1) is 18.5 Å². The zero-order valence-electron chi connectivity index (χ0n) is 19.2. The number of hydrogen-bond donors (Lipinski definition) is 0. The van der Waals surface area contributed by atoms with Gasteiger partial charge in [-0.1, -0.05) is 44.2 Å². The Morgan fingerprint density at radius 3 is 2.39 bits per heavy atom. The fraction of sp³-hybridized carbons (Fsp3) is 0.240. The highest BCUT2D eigenvalue weighted by Gasteiger charge is 2.41. The molecule has 0 unspecified atom stereocenters. The molecule has 5 nitrogen and oxygen atoms in total. The van der Waals surface area contributed by atoms with E-state index in [1.54, 1.807) is 0 Å². The number of carbonyl (C=O) groups is 1. The van der Waals surface area contributed by atoms with E-state index >= 15 is 0 Å². The smallest absolute Gasteiger partial charge is 0.348 e. The molecule has 1 aromatic heterocycles. The fourth-order valence-corrected chi connectivity index (χ4v) is 9.78. The molecular formula is C25H27IN3O2PS. The van der Waals surface area contributed by atoms with E-state index in [1.807, 2.05) is 12.1 Å². The third-order valence-corrected chi connectivity index (χ3v) is 11.6. The molecule has 3 aromatic rings. The van der Waals surface area contributed by atoms with E-state index in [4.69, 9.17) is 9.48 Å². The Bertz CT molecular complexity index is 1230. The van der Waals surface area contributed by atoms with Gasteiger partial charge in [0, 0.05) is 33.9 Å². The predicted molar refractivity (Wildman–Crippen MR) is 148 cm³/mol. The van der Waals surface area contributed by atoms with Gasteiger partial charge in [-0.15, -0.1) is 11.3 Å². The average molecular weight is 591 g/mol. The first kappa shape index (κ1) is 24.2. The van der Waals surface area contributed by atoms with Crippen molar-refractivity contribution in [1.82, 2.24) is 9.34 Å². The Morgan fingerprint density at radius 2 is 1.79 bits per heavy atom. The summed E-state index contributed by atoms with van der Waals surface area (Å²) in [5, 5.41) is 1.11. The number of fused-ring (bicyclic) bond motifs is 1. The van der Waals surface area contributed by atoms with E-state index < -0.39 is 7.36 Å². The first-order valence-corrected chi connectivity index (χ1v) is 14.4. The maximum Gasteiger partial charge on any atom is 0.348 e. The molecular weight excluding hydrogens is 564 g/mol. The average Bonchev–Trinajstić information content (AvgIpc) is 3.28. The number of thiophene rings is 1. The number of ether oxygens (including phenoxy) is 1. The number of benzene rings is 2. The van der Waals surface area contributed by atoms with Crippen molar-refractivity contribution in [3.8, 4) is 0 Å². The summed E-state index contributed by atoms with van der Waals surface area (Å²) < 4.78 is 16.5. The van der Waals surface area contributed by atoms with Gasteiger partial charge < -0.3 is 9.41 Å². The third-order valence-electron chi connectivity index (χ3n) is 5.76. The number of nitrogens with zero attached hydrogens (tertiary/aromatic N) is 3. The number of carbonyl (C=O) groups excluding carboxylic acids is 1. The van der Waals surface area contributed by atoms with Gasteiger partial charge in [-0.3, -0.25) is 4.67 Å². The molecule has 4 rings (SSSR count). The number of methoxy groups -OCH3 is 1. The summed E-state index contributed by atoms with van der Waals surface area (Å²) >= 11 is 3.80. The van der Waals surface area contributed by atoms with Crippen LogP contribution in [0.25, 0.3) is 11.8 Å². The number of esters is 1. The number of rotatable bonds is 6. The van der Waals surface area contributed by atoms with E-state index in [9.17, 15) is 4.79 Å². The van der Waals surface area contributed by atoms with Gasteiger partial charge >= 0.3 is 5.97 Å². The second-order valence-corrected chi connectivity index (χ2v) is 12.9. The molecule has 0 saturated heterocycles. The van der Waals surface area contributed by atoms with Crippen molar-refractivity contribution in [2.24, 2.45) is 4.74 Å². The largest absolute Gasteiger partial charge is 0.465 e. The zero-order chi connectivity index (χ0) is 23.6. The summed E-state index contributed by atoms with van der Waals surface area (Å²) in [6, 6.07) is 20.7. The van der Waals surface area contributed by atoms with Crippen LogP contribution < -0.4 is 5.30 Å². The Morgan fingerprint density at radius 1 is 1.12 bits per heavy atom. The lowest BCUT2D eigenvalue weighted by molar-refractivity contribution is 0.0606. The van der Waals surface area contributed by atoms with Gasteiger partial charge in [-0.2, -0.15) is 0 Å². The van der Waals surface area contributed by atoms with Crippen molar-refractivity contribution in [3.05, 3.63) is 79.6 Å². The van der Waals surface area contributed by atoms with Crippen LogP contribution in [0.3, 0.4) is 0 Å². The lowest BCUT2D eigenvalue weighted by Crippen LogP contribution is -2.37. The zero-order valence-corrected chi connectivity index (χ0v) is 23.0. The molecule has 1 atom stereocenters. The molecule has 1 aliphatic rings. The summed E-state index contributed by atoms with van der Waals surface area (Å²) in [5.41, 5.74) is 3.18. The van der Waals surface area contributed by atoms with Crippen LogP contribution in [0.1, 0.15) is 34.0 Å². The van der Waals surface area contributed by atoms with E-state index in [0.29, 0.717) is 4.88 Å². The van der Waals surface area contributed by atoms with Crippen LogP contribution in [0.2, 0.25) is 0 Å². The Balaban J connectivity index is 2.07. The minimum atomic E-state index is -2.45. The normalized spacial score (nSPS) is 17.5. The van der Waals surface area contributed by atoms with Crippen molar-refractivity contribution < 1.29 is 9.53 Å².